The minimum atomic E-state index is -0.312. The van der Waals surface area contributed by atoms with E-state index in [9.17, 15) is 4.79 Å². The van der Waals surface area contributed by atoms with Crippen molar-refractivity contribution in [1.29, 1.82) is 0 Å². The molecular formula is C23H23N3O2. The molecule has 0 heterocycles. The van der Waals surface area contributed by atoms with Crippen LogP contribution in [0.4, 0.5) is 5.69 Å². The number of rotatable bonds is 7. The number of nitrogens with one attached hydrogen (secondary N) is 1. The van der Waals surface area contributed by atoms with Gasteiger partial charge in [0.05, 0.1) is 6.21 Å². The maximum atomic E-state index is 11.9. The molecule has 28 heavy (non-hydrogen) atoms. The summed E-state index contributed by atoms with van der Waals surface area (Å²) in [6, 6.07) is 25.6. The van der Waals surface area contributed by atoms with Gasteiger partial charge in [0.1, 0.15) is 5.75 Å². The number of hydrogen-bond acceptors (Lipinski definition) is 4. The van der Waals surface area contributed by atoms with Crippen LogP contribution in [-0.2, 0) is 4.79 Å². The van der Waals surface area contributed by atoms with Crippen LogP contribution in [0.5, 0.6) is 5.75 Å². The van der Waals surface area contributed by atoms with Crippen molar-refractivity contribution in [2.24, 2.45) is 5.10 Å². The molecule has 5 nitrogen and oxygen atoms in total. The first-order valence-electron chi connectivity index (χ1n) is 8.99. The predicted octanol–water partition coefficient (Wildman–Crippen LogP) is 3.95. The first kappa shape index (κ1) is 19.2. The van der Waals surface area contributed by atoms with Crippen molar-refractivity contribution in [3.05, 3.63) is 84.4 Å². The lowest BCUT2D eigenvalue weighted by atomic mass is 10.1. The second-order valence-electron chi connectivity index (χ2n) is 6.46. The number of anilines is 1. The van der Waals surface area contributed by atoms with E-state index in [1.54, 1.807) is 6.21 Å². The quantitative estimate of drug-likeness (QED) is 0.504. The lowest BCUT2D eigenvalue weighted by Crippen LogP contribution is -2.24. The molecule has 3 aromatic rings. The molecule has 0 atom stereocenters. The van der Waals surface area contributed by atoms with Crippen molar-refractivity contribution >= 4 is 17.8 Å². The van der Waals surface area contributed by atoms with E-state index >= 15 is 0 Å². The van der Waals surface area contributed by atoms with E-state index in [1.165, 1.54) is 0 Å². The fourth-order valence-corrected chi connectivity index (χ4v) is 2.59. The fourth-order valence-electron chi connectivity index (χ4n) is 2.59. The van der Waals surface area contributed by atoms with Gasteiger partial charge >= 0.3 is 0 Å². The zero-order valence-electron chi connectivity index (χ0n) is 16.0. The van der Waals surface area contributed by atoms with E-state index < -0.39 is 0 Å². The van der Waals surface area contributed by atoms with Crippen LogP contribution in [0.15, 0.2) is 84.0 Å². The Kier molecular flexibility index (Phi) is 6.41. The summed E-state index contributed by atoms with van der Waals surface area (Å²) in [7, 11) is 3.97. The van der Waals surface area contributed by atoms with Crippen molar-refractivity contribution in [1.82, 2.24) is 5.43 Å². The van der Waals surface area contributed by atoms with Gasteiger partial charge in [0.15, 0.2) is 6.61 Å². The van der Waals surface area contributed by atoms with Gasteiger partial charge in [0.25, 0.3) is 5.91 Å². The molecule has 0 aromatic heterocycles. The Morgan fingerprint density at radius 2 is 1.57 bits per heavy atom. The topological polar surface area (TPSA) is 53.9 Å². The van der Waals surface area contributed by atoms with Gasteiger partial charge in [-0.25, -0.2) is 5.43 Å². The molecule has 3 aromatic carbocycles. The fraction of sp³-hybridized carbons (Fsp3) is 0.130. The molecule has 1 amide bonds. The number of nitrogens with zero attached hydrogens (tertiary/aromatic N) is 2. The summed E-state index contributed by atoms with van der Waals surface area (Å²) < 4.78 is 5.51. The third kappa shape index (κ3) is 5.45. The van der Waals surface area contributed by atoms with Crippen molar-refractivity contribution < 1.29 is 9.53 Å². The SMILES string of the molecule is CN(C)c1ccc(/C=N\NC(=O)COc2ccc(-c3ccccc3)cc2)cc1. The van der Waals surface area contributed by atoms with Gasteiger partial charge in [-0.3, -0.25) is 4.79 Å². The number of carbonyl (C=O) groups excluding carboxylic acids is 1. The van der Waals surface area contributed by atoms with Crippen LogP contribution in [0.2, 0.25) is 0 Å². The minimum Gasteiger partial charge on any atom is -0.484 e. The second kappa shape index (κ2) is 9.37. The average Bonchev–Trinajstić information content (AvgIpc) is 2.73. The molecule has 0 bridgehead atoms. The maximum absolute atomic E-state index is 11.9. The van der Waals surface area contributed by atoms with Crippen LogP contribution < -0.4 is 15.1 Å². The lowest BCUT2D eigenvalue weighted by Gasteiger charge is -2.11. The number of hydrogen-bond donors (Lipinski definition) is 1. The van der Waals surface area contributed by atoms with Crippen LogP contribution in [0.25, 0.3) is 11.1 Å². The Morgan fingerprint density at radius 3 is 2.21 bits per heavy atom. The molecule has 0 aliphatic rings. The van der Waals surface area contributed by atoms with E-state index in [2.05, 4.69) is 22.7 Å². The molecular weight excluding hydrogens is 350 g/mol. The van der Waals surface area contributed by atoms with Gasteiger partial charge < -0.3 is 9.64 Å². The summed E-state index contributed by atoms with van der Waals surface area (Å²) in [5.41, 5.74) is 6.72. The summed E-state index contributed by atoms with van der Waals surface area (Å²) in [6.45, 7) is -0.0956. The van der Waals surface area contributed by atoms with Crippen molar-refractivity contribution in [2.45, 2.75) is 0 Å². The lowest BCUT2D eigenvalue weighted by molar-refractivity contribution is -0.123. The van der Waals surface area contributed by atoms with E-state index in [0.29, 0.717) is 5.75 Å². The Morgan fingerprint density at radius 1 is 0.929 bits per heavy atom. The Labute approximate surface area is 165 Å². The molecule has 0 saturated carbocycles. The first-order chi connectivity index (χ1) is 13.6. The molecule has 0 unspecified atom stereocenters. The number of benzene rings is 3. The van der Waals surface area contributed by atoms with Gasteiger partial charge in [-0.05, 0) is 41.0 Å². The molecule has 0 aliphatic heterocycles. The van der Waals surface area contributed by atoms with Crippen LogP contribution >= 0.6 is 0 Å². The summed E-state index contributed by atoms with van der Waals surface area (Å²) >= 11 is 0. The van der Waals surface area contributed by atoms with Crippen LogP contribution in [0, 0.1) is 0 Å². The number of carbonyl (C=O) groups is 1. The Balaban J connectivity index is 1.46. The minimum absolute atomic E-state index is 0.0956. The highest BCUT2D eigenvalue weighted by Crippen LogP contribution is 2.21. The standard InChI is InChI=1S/C23H23N3O2/c1-26(2)21-12-8-18(9-13-21)16-24-25-23(27)17-28-22-14-10-20(11-15-22)19-6-4-3-5-7-19/h3-16H,17H2,1-2H3,(H,25,27)/b24-16-. The van der Waals surface area contributed by atoms with E-state index in [4.69, 9.17) is 4.74 Å². The van der Waals surface area contributed by atoms with Crippen LogP contribution in [-0.4, -0.2) is 32.8 Å². The highest BCUT2D eigenvalue weighted by atomic mass is 16.5. The normalized spacial score (nSPS) is 10.6. The van der Waals surface area contributed by atoms with Crippen molar-refractivity contribution in [3.63, 3.8) is 0 Å². The zero-order chi connectivity index (χ0) is 19.8. The van der Waals surface area contributed by atoms with Crippen LogP contribution in [0.1, 0.15) is 5.56 Å². The molecule has 0 radical (unpaired) electrons. The average molecular weight is 373 g/mol. The molecule has 3 rings (SSSR count). The third-order valence-electron chi connectivity index (χ3n) is 4.14. The largest absolute Gasteiger partial charge is 0.484 e. The molecule has 1 N–H and O–H groups in total. The third-order valence-corrected chi connectivity index (χ3v) is 4.14. The molecule has 0 spiro atoms. The number of hydrazone groups is 1. The molecule has 0 saturated heterocycles. The molecule has 0 fully saturated rings. The highest BCUT2D eigenvalue weighted by molar-refractivity contribution is 5.83. The number of ether oxygens (including phenoxy) is 1. The maximum Gasteiger partial charge on any atom is 0.277 e. The summed E-state index contributed by atoms with van der Waals surface area (Å²) in [5, 5.41) is 3.96. The van der Waals surface area contributed by atoms with E-state index in [1.807, 2.05) is 85.7 Å². The van der Waals surface area contributed by atoms with Gasteiger partial charge in [0, 0.05) is 19.8 Å². The van der Waals surface area contributed by atoms with Gasteiger partial charge in [-0.15, -0.1) is 0 Å². The van der Waals surface area contributed by atoms with Gasteiger partial charge in [-0.2, -0.15) is 5.10 Å². The van der Waals surface area contributed by atoms with E-state index in [-0.39, 0.29) is 12.5 Å². The Bertz CT molecular complexity index is 918. The first-order valence-corrected chi connectivity index (χ1v) is 8.99. The second-order valence-corrected chi connectivity index (χ2v) is 6.46. The Hall–Kier alpha value is -3.60. The molecule has 0 aliphatic carbocycles. The highest BCUT2D eigenvalue weighted by Gasteiger charge is 2.02. The van der Waals surface area contributed by atoms with Crippen LogP contribution in [0.3, 0.4) is 0 Å². The summed E-state index contributed by atoms with van der Waals surface area (Å²) in [6.07, 6.45) is 1.60. The smallest absolute Gasteiger partial charge is 0.277 e. The van der Waals surface area contributed by atoms with Crippen molar-refractivity contribution in [3.8, 4) is 16.9 Å². The summed E-state index contributed by atoms with van der Waals surface area (Å²) in [5.74, 6) is 0.325. The van der Waals surface area contributed by atoms with Gasteiger partial charge in [-0.1, -0.05) is 54.6 Å². The monoisotopic (exact) mass is 373 g/mol. The predicted molar refractivity (Wildman–Crippen MR) is 114 cm³/mol. The zero-order valence-corrected chi connectivity index (χ0v) is 16.0. The molecule has 142 valence electrons. The molecule has 5 heteroatoms. The van der Waals surface area contributed by atoms with E-state index in [0.717, 1.165) is 22.4 Å². The number of amides is 1. The van der Waals surface area contributed by atoms with Gasteiger partial charge in [0.2, 0.25) is 0 Å². The summed E-state index contributed by atoms with van der Waals surface area (Å²) in [4.78, 5) is 13.9. The van der Waals surface area contributed by atoms with Crippen molar-refractivity contribution in [2.75, 3.05) is 25.6 Å².